The minimum absolute atomic E-state index is 0.176. The van der Waals surface area contributed by atoms with Crippen molar-refractivity contribution in [1.82, 2.24) is 15.3 Å². The van der Waals surface area contributed by atoms with E-state index in [9.17, 15) is 9.59 Å². The number of nitrogens with zero attached hydrogens (tertiary/aromatic N) is 2. The van der Waals surface area contributed by atoms with E-state index >= 15 is 0 Å². The molecule has 0 bridgehead atoms. The molecule has 1 aromatic heterocycles. The van der Waals surface area contributed by atoms with Gasteiger partial charge in [-0.05, 0) is 48.8 Å². The summed E-state index contributed by atoms with van der Waals surface area (Å²) < 4.78 is 6.09. The molecule has 0 radical (unpaired) electrons. The summed E-state index contributed by atoms with van der Waals surface area (Å²) in [5, 5.41) is 0. The van der Waals surface area contributed by atoms with Gasteiger partial charge in [0.1, 0.15) is 11.4 Å². The predicted molar refractivity (Wildman–Crippen MR) is 85.0 cm³/mol. The third-order valence-electron chi connectivity index (χ3n) is 2.95. The van der Waals surface area contributed by atoms with Gasteiger partial charge in [0, 0.05) is 23.8 Å². The molecule has 7 nitrogen and oxygen atoms in total. The first kappa shape index (κ1) is 16.5. The van der Waals surface area contributed by atoms with Gasteiger partial charge in [-0.2, -0.15) is 0 Å². The van der Waals surface area contributed by atoms with Crippen molar-refractivity contribution in [2.75, 3.05) is 18.5 Å². The molecule has 2 amide bonds. The van der Waals surface area contributed by atoms with Crippen molar-refractivity contribution in [2.24, 2.45) is 5.92 Å². The molecular formula is C14H19BrN4O3. The standard InChI is InChI=1S/C14H19BrN4O3/c1-14(2,3)22-13(21)19-7-9(8-19)12(20)18-17-11-5-4-10(15)6-16-11/h4-6,9H,7-8H2,1-3H3,(H,16,17)(H,18,20). The SMILES string of the molecule is CC(C)(C)OC(=O)N1CC(C(=O)NNc2ccc(Br)cn2)C1. The molecule has 8 heteroatoms. The summed E-state index contributed by atoms with van der Waals surface area (Å²) in [4.78, 5) is 29.3. The van der Waals surface area contributed by atoms with Crippen LogP contribution >= 0.6 is 15.9 Å². The first-order chi connectivity index (χ1) is 10.2. The van der Waals surface area contributed by atoms with Crippen molar-refractivity contribution >= 4 is 33.7 Å². The summed E-state index contributed by atoms with van der Waals surface area (Å²) in [6.45, 7) is 6.14. The zero-order chi connectivity index (χ0) is 16.3. The van der Waals surface area contributed by atoms with Crippen LogP contribution in [-0.4, -0.2) is 40.6 Å². The smallest absolute Gasteiger partial charge is 0.410 e. The number of carbonyl (C=O) groups is 2. The Labute approximate surface area is 137 Å². The van der Waals surface area contributed by atoms with Crippen LogP contribution in [0, 0.1) is 5.92 Å². The van der Waals surface area contributed by atoms with E-state index in [2.05, 4.69) is 31.8 Å². The van der Waals surface area contributed by atoms with Crippen LogP contribution in [0.5, 0.6) is 0 Å². The van der Waals surface area contributed by atoms with E-state index in [1.54, 1.807) is 12.3 Å². The van der Waals surface area contributed by atoms with E-state index in [1.165, 1.54) is 4.90 Å². The number of rotatable bonds is 3. The highest BCUT2D eigenvalue weighted by molar-refractivity contribution is 9.10. The number of likely N-dealkylation sites (tertiary alicyclic amines) is 1. The third-order valence-corrected chi connectivity index (χ3v) is 3.41. The van der Waals surface area contributed by atoms with E-state index in [1.807, 2.05) is 26.8 Å². The highest BCUT2D eigenvalue weighted by atomic mass is 79.9. The Bertz CT molecular complexity index is 550. The summed E-state index contributed by atoms with van der Waals surface area (Å²) in [5.74, 6) is 0.125. The second-order valence-corrected chi connectivity index (χ2v) is 6.97. The number of hydrogen-bond donors (Lipinski definition) is 2. The van der Waals surface area contributed by atoms with E-state index in [0.29, 0.717) is 18.9 Å². The van der Waals surface area contributed by atoms with Gasteiger partial charge in [-0.3, -0.25) is 15.6 Å². The third kappa shape index (κ3) is 4.59. The molecule has 2 N–H and O–H groups in total. The molecule has 1 aliphatic rings. The maximum absolute atomic E-state index is 11.9. The Morgan fingerprint density at radius 1 is 1.36 bits per heavy atom. The second kappa shape index (κ2) is 6.51. The molecule has 0 unspecified atom stereocenters. The Hall–Kier alpha value is -1.83. The molecule has 120 valence electrons. The largest absolute Gasteiger partial charge is 0.444 e. The zero-order valence-corrected chi connectivity index (χ0v) is 14.3. The van der Waals surface area contributed by atoms with E-state index in [0.717, 1.165) is 4.47 Å². The van der Waals surface area contributed by atoms with Gasteiger partial charge in [-0.25, -0.2) is 9.78 Å². The van der Waals surface area contributed by atoms with Crippen molar-refractivity contribution in [3.8, 4) is 0 Å². The molecule has 0 saturated carbocycles. The Kier molecular flexibility index (Phi) is 4.90. The first-order valence-corrected chi connectivity index (χ1v) is 7.69. The van der Waals surface area contributed by atoms with Gasteiger partial charge in [0.25, 0.3) is 0 Å². The van der Waals surface area contributed by atoms with Crippen LogP contribution in [0.3, 0.4) is 0 Å². The quantitative estimate of drug-likeness (QED) is 0.796. The van der Waals surface area contributed by atoms with Gasteiger partial charge >= 0.3 is 6.09 Å². The van der Waals surface area contributed by atoms with E-state index in [-0.39, 0.29) is 17.9 Å². The molecule has 1 saturated heterocycles. The number of pyridine rings is 1. The van der Waals surface area contributed by atoms with E-state index < -0.39 is 5.60 Å². The number of hydrogen-bond acceptors (Lipinski definition) is 5. The Balaban J connectivity index is 1.73. The van der Waals surface area contributed by atoms with Crippen LogP contribution in [0.4, 0.5) is 10.6 Å². The van der Waals surface area contributed by atoms with Crippen molar-refractivity contribution in [3.05, 3.63) is 22.8 Å². The summed E-state index contributed by atoms with van der Waals surface area (Å²) in [5.41, 5.74) is 4.79. The van der Waals surface area contributed by atoms with E-state index in [4.69, 9.17) is 4.74 Å². The van der Waals surface area contributed by atoms with Gasteiger partial charge in [0.15, 0.2) is 0 Å². The van der Waals surface area contributed by atoms with Gasteiger partial charge < -0.3 is 9.64 Å². The fraction of sp³-hybridized carbons (Fsp3) is 0.500. The molecule has 0 aliphatic carbocycles. The molecular weight excluding hydrogens is 352 g/mol. The number of amides is 2. The molecule has 0 aromatic carbocycles. The van der Waals surface area contributed by atoms with Gasteiger partial charge in [0.05, 0.1) is 5.92 Å². The monoisotopic (exact) mass is 370 g/mol. The molecule has 1 aliphatic heterocycles. The highest BCUT2D eigenvalue weighted by Crippen LogP contribution is 2.19. The summed E-state index contributed by atoms with van der Waals surface area (Å²) in [6.07, 6.45) is 1.24. The molecule has 0 spiro atoms. The lowest BCUT2D eigenvalue weighted by molar-refractivity contribution is -0.129. The number of carbonyl (C=O) groups excluding carboxylic acids is 2. The van der Waals surface area contributed by atoms with Crippen molar-refractivity contribution in [1.29, 1.82) is 0 Å². The summed E-state index contributed by atoms with van der Waals surface area (Å²) in [6, 6.07) is 3.55. The minimum atomic E-state index is -0.529. The number of nitrogens with one attached hydrogen (secondary N) is 2. The highest BCUT2D eigenvalue weighted by Gasteiger charge is 2.37. The fourth-order valence-electron chi connectivity index (χ4n) is 1.80. The lowest BCUT2D eigenvalue weighted by atomic mass is 10.0. The maximum Gasteiger partial charge on any atom is 0.410 e. The average molecular weight is 371 g/mol. The van der Waals surface area contributed by atoms with Crippen LogP contribution in [-0.2, 0) is 9.53 Å². The fourth-order valence-corrected chi connectivity index (χ4v) is 2.03. The number of halogens is 1. The van der Waals surface area contributed by atoms with Gasteiger partial charge in [-0.15, -0.1) is 0 Å². The minimum Gasteiger partial charge on any atom is -0.444 e. The predicted octanol–water partition coefficient (Wildman–Crippen LogP) is 2.15. The molecule has 2 rings (SSSR count). The van der Waals surface area contributed by atoms with Crippen LogP contribution < -0.4 is 10.9 Å². The molecule has 22 heavy (non-hydrogen) atoms. The Morgan fingerprint density at radius 2 is 2.05 bits per heavy atom. The van der Waals surface area contributed by atoms with Crippen LogP contribution in [0.25, 0.3) is 0 Å². The normalized spacial score (nSPS) is 15.0. The lowest BCUT2D eigenvalue weighted by Crippen LogP contribution is -2.57. The zero-order valence-electron chi connectivity index (χ0n) is 12.7. The van der Waals surface area contributed by atoms with Gasteiger partial charge in [0.2, 0.25) is 5.91 Å². The summed E-state index contributed by atoms with van der Waals surface area (Å²) >= 11 is 3.28. The molecule has 0 atom stereocenters. The number of anilines is 1. The van der Waals surface area contributed by atoms with Crippen molar-refractivity contribution in [2.45, 2.75) is 26.4 Å². The molecule has 1 fully saturated rings. The lowest BCUT2D eigenvalue weighted by Gasteiger charge is -2.38. The maximum atomic E-state index is 11.9. The summed E-state index contributed by atoms with van der Waals surface area (Å²) in [7, 11) is 0. The first-order valence-electron chi connectivity index (χ1n) is 6.90. The van der Waals surface area contributed by atoms with Crippen LogP contribution in [0.15, 0.2) is 22.8 Å². The van der Waals surface area contributed by atoms with Gasteiger partial charge in [-0.1, -0.05) is 0 Å². The topological polar surface area (TPSA) is 83.6 Å². The van der Waals surface area contributed by atoms with Crippen molar-refractivity contribution < 1.29 is 14.3 Å². The number of ether oxygens (including phenoxy) is 1. The number of hydrazine groups is 1. The van der Waals surface area contributed by atoms with Crippen molar-refractivity contribution in [3.63, 3.8) is 0 Å². The van der Waals surface area contributed by atoms with Crippen LogP contribution in [0.1, 0.15) is 20.8 Å². The molecule has 2 heterocycles. The van der Waals surface area contributed by atoms with Crippen LogP contribution in [0.2, 0.25) is 0 Å². The Morgan fingerprint density at radius 3 is 2.59 bits per heavy atom. The second-order valence-electron chi connectivity index (χ2n) is 6.06. The number of aromatic nitrogens is 1. The molecule has 1 aromatic rings. The average Bonchev–Trinajstić information content (AvgIpc) is 2.34.